The van der Waals surface area contributed by atoms with E-state index in [4.69, 9.17) is 9.47 Å². The topological polar surface area (TPSA) is 106 Å². The lowest BCUT2D eigenvalue weighted by molar-refractivity contribution is 0.319. The molecule has 0 aliphatic carbocycles. The molecule has 0 aromatic heterocycles. The zero-order valence-corrected chi connectivity index (χ0v) is 28.9. The van der Waals surface area contributed by atoms with Crippen LogP contribution in [-0.4, -0.2) is 72.4 Å². The van der Waals surface area contributed by atoms with Crippen LogP contribution in [0.5, 0.6) is 11.5 Å². The maximum absolute atomic E-state index is 9.81. The molecule has 10 heteroatoms. The van der Waals surface area contributed by atoms with E-state index in [0.29, 0.717) is 37.1 Å². The Bertz CT molecular complexity index is 1970. The average molecular weight is 668 g/mol. The number of nitrogens with zero attached hydrogens (tertiary/aromatic N) is 2. The van der Waals surface area contributed by atoms with E-state index in [0.717, 1.165) is 66.4 Å². The monoisotopic (exact) mass is 668 g/mol. The summed E-state index contributed by atoms with van der Waals surface area (Å²) in [6.45, 7) is 2.50. The number of hydrogen-bond acceptors (Lipinski definition) is 8. The third-order valence-corrected chi connectivity index (χ3v) is 9.23. The van der Waals surface area contributed by atoms with E-state index in [1.807, 2.05) is 62.6 Å². The van der Waals surface area contributed by atoms with Gasteiger partial charge in [-0.25, -0.2) is 0 Å². The van der Waals surface area contributed by atoms with Crippen molar-refractivity contribution < 1.29 is 29.6 Å². The van der Waals surface area contributed by atoms with Gasteiger partial charge in [-0.2, -0.15) is 0 Å². The summed E-state index contributed by atoms with van der Waals surface area (Å²) >= 11 is 0. The van der Waals surface area contributed by atoms with Crippen molar-refractivity contribution in [2.45, 2.75) is 26.2 Å². The van der Waals surface area contributed by atoms with Crippen molar-refractivity contribution in [2.75, 3.05) is 28.3 Å². The summed E-state index contributed by atoms with van der Waals surface area (Å²) in [6, 6.07) is 35.9. The lowest BCUT2D eigenvalue weighted by Crippen LogP contribution is -2.34. The van der Waals surface area contributed by atoms with Crippen LogP contribution in [0.3, 0.4) is 0 Å². The van der Waals surface area contributed by atoms with Gasteiger partial charge in [0.1, 0.15) is 11.5 Å². The number of rotatable bonds is 13. The maximum Gasteiger partial charge on any atom is 0.488 e. The summed E-state index contributed by atoms with van der Waals surface area (Å²) in [6.07, 6.45) is 0. The first-order valence-electron chi connectivity index (χ1n) is 16.6. The number of methoxy groups -OCH3 is 2. The highest BCUT2D eigenvalue weighted by Crippen LogP contribution is 2.45. The van der Waals surface area contributed by atoms with Crippen LogP contribution in [0.15, 0.2) is 109 Å². The summed E-state index contributed by atoms with van der Waals surface area (Å²) in [5.74, 6) is 1.50. The van der Waals surface area contributed by atoms with Crippen molar-refractivity contribution in [3.05, 3.63) is 131 Å². The highest BCUT2D eigenvalue weighted by molar-refractivity contribution is 6.59. The van der Waals surface area contributed by atoms with Crippen LogP contribution in [0, 0.1) is 0 Å². The van der Waals surface area contributed by atoms with E-state index in [-0.39, 0.29) is 0 Å². The van der Waals surface area contributed by atoms with Crippen LogP contribution in [0.1, 0.15) is 22.3 Å². The van der Waals surface area contributed by atoms with Crippen molar-refractivity contribution in [2.24, 2.45) is 0 Å². The third-order valence-electron chi connectivity index (χ3n) is 9.23. The Balaban J connectivity index is 1.32. The Morgan fingerprint density at radius 2 is 0.900 bits per heavy atom. The molecule has 6 aromatic carbocycles. The van der Waals surface area contributed by atoms with Gasteiger partial charge in [-0.3, -0.25) is 9.80 Å². The van der Waals surface area contributed by atoms with Crippen molar-refractivity contribution in [1.29, 1.82) is 0 Å². The lowest BCUT2D eigenvalue weighted by atomic mass is 9.77. The summed E-state index contributed by atoms with van der Waals surface area (Å²) in [5, 5.41) is 43.5. The highest BCUT2D eigenvalue weighted by atomic mass is 16.5. The van der Waals surface area contributed by atoms with Gasteiger partial charge in [0, 0.05) is 37.3 Å². The van der Waals surface area contributed by atoms with Gasteiger partial charge < -0.3 is 29.6 Å². The van der Waals surface area contributed by atoms with Crippen LogP contribution in [-0.2, 0) is 26.2 Å². The van der Waals surface area contributed by atoms with Gasteiger partial charge in [-0.15, -0.1) is 0 Å². The summed E-state index contributed by atoms with van der Waals surface area (Å²) in [4.78, 5) is 4.31. The van der Waals surface area contributed by atoms with Crippen molar-refractivity contribution in [3.8, 4) is 22.6 Å². The third kappa shape index (κ3) is 7.56. The average Bonchev–Trinajstić information content (AvgIpc) is 3.10. The quantitative estimate of drug-likeness (QED) is 0.135. The van der Waals surface area contributed by atoms with Crippen LogP contribution in [0.2, 0.25) is 0 Å². The fourth-order valence-corrected chi connectivity index (χ4v) is 6.95. The van der Waals surface area contributed by atoms with Crippen LogP contribution in [0.4, 0.5) is 0 Å². The first-order valence-corrected chi connectivity index (χ1v) is 16.6. The molecule has 50 heavy (non-hydrogen) atoms. The van der Waals surface area contributed by atoms with Gasteiger partial charge in [0.25, 0.3) is 0 Å². The second kappa shape index (κ2) is 15.5. The minimum atomic E-state index is -1.51. The number of hydrogen-bond donors (Lipinski definition) is 4. The molecular weight excluding hydrogens is 626 g/mol. The van der Waals surface area contributed by atoms with E-state index in [1.54, 1.807) is 26.4 Å². The molecule has 6 rings (SSSR count). The van der Waals surface area contributed by atoms with Gasteiger partial charge in [0.15, 0.2) is 0 Å². The largest absolute Gasteiger partial charge is 0.496 e. The molecule has 0 saturated heterocycles. The Morgan fingerprint density at radius 3 is 1.28 bits per heavy atom. The number of benzene rings is 6. The van der Waals surface area contributed by atoms with Gasteiger partial charge in [0.05, 0.1) is 14.2 Å². The molecule has 0 saturated carbocycles. The molecule has 8 nitrogen and oxygen atoms in total. The molecule has 0 bridgehead atoms. The molecule has 0 unspecified atom stereocenters. The Kier molecular flexibility index (Phi) is 10.9. The summed E-state index contributed by atoms with van der Waals surface area (Å²) in [5.41, 5.74) is 6.97. The maximum atomic E-state index is 9.81. The van der Waals surface area contributed by atoms with Crippen molar-refractivity contribution in [3.63, 3.8) is 0 Å². The molecule has 0 heterocycles. The van der Waals surface area contributed by atoms with Crippen LogP contribution < -0.4 is 20.4 Å². The fourth-order valence-electron chi connectivity index (χ4n) is 6.95. The molecule has 0 aliphatic rings. The van der Waals surface area contributed by atoms with E-state index >= 15 is 0 Å². The lowest BCUT2D eigenvalue weighted by Gasteiger charge is -2.21. The molecular formula is C40H42B2N2O6. The zero-order chi connectivity index (χ0) is 35.4. The van der Waals surface area contributed by atoms with Crippen LogP contribution >= 0.6 is 0 Å². The molecule has 6 aromatic rings. The second-order valence-electron chi connectivity index (χ2n) is 12.9. The molecule has 0 aliphatic heterocycles. The fraction of sp³-hybridized carbons (Fsp3) is 0.200. The SMILES string of the molecule is COc1ccc2cc(CN(C)Cc3ccccc3B(O)O)ccc2c1-c1c(OC)ccc2cc(CN(C)Cc3ccccc3B(O)O)ccc12. The van der Waals surface area contributed by atoms with Gasteiger partial charge in [0.2, 0.25) is 0 Å². The summed E-state index contributed by atoms with van der Waals surface area (Å²) < 4.78 is 11.9. The Morgan fingerprint density at radius 1 is 0.500 bits per heavy atom. The first kappa shape index (κ1) is 35.2. The van der Waals surface area contributed by atoms with Crippen molar-refractivity contribution in [1.82, 2.24) is 9.80 Å². The number of fused-ring (bicyclic) bond motifs is 2. The molecule has 0 fully saturated rings. The number of ether oxygens (including phenoxy) is 2. The zero-order valence-electron chi connectivity index (χ0n) is 28.9. The first-order chi connectivity index (χ1) is 24.2. The standard InChI is InChI=1S/C40H42B2N2O6/c1-43(25-31-9-5-7-11-35(31)41(45)46)23-27-13-17-33-29(21-27)15-19-37(49-3)39(33)40-34-18-14-28(22-30(34)16-20-38(40)50-4)24-44(2)26-32-10-6-8-12-36(32)42(47)48/h5-22,45-48H,23-26H2,1-4H3. The predicted molar refractivity (Wildman–Crippen MR) is 203 cm³/mol. The van der Waals surface area contributed by atoms with Crippen molar-refractivity contribution >= 4 is 46.7 Å². The molecule has 254 valence electrons. The minimum absolute atomic E-state index is 0.516. The second-order valence-corrected chi connectivity index (χ2v) is 12.9. The molecule has 4 N–H and O–H groups in total. The smallest absolute Gasteiger partial charge is 0.488 e. The highest BCUT2D eigenvalue weighted by Gasteiger charge is 2.21. The summed E-state index contributed by atoms with van der Waals surface area (Å²) in [7, 11) is 4.40. The van der Waals surface area contributed by atoms with Crippen LogP contribution in [0.25, 0.3) is 32.7 Å². The predicted octanol–water partition coefficient (Wildman–Crippen LogP) is 4.30. The molecule has 0 amide bonds. The van der Waals surface area contributed by atoms with E-state index in [2.05, 4.69) is 58.3 Å². The van der Waals surface area contributed by atoms with E-state index in [9.17, 15) is 20.1 Å². The molecule has 0 spiro atoms. The normalized spacial score (nSPS) is 11.5. The molecule has 0 atom stereocenters. The van der Waals surface area contributed by atoms with E-state index < -0.39 is 14.2 Å². The Labute approximate surface area is 294 Å². The van der Waals surface area contributed by atoms with E-state index in [1.165, 1.54) is 0 Å². The Hall–Kier alpha value is -4.67. The van der Waals surface area contributed by atoms with Gasteiger partial charge in [-0.1, -0.05) is 84.9 Å². The van der Waals surface area contributed by atoms with Gasteiger partial charge in [-0.05, 0) is 93.1 Å². The van der Waals surface area contributed by atoms with Gasteiger partial charge >= 0.3 is 14.2 Å². The molecule has 0 radical (unpaired) electrons. The minimum Gasteiger partial charge on any atom is -0.496 e.